The predicted molar refractivity (Wildman–Crippen MR) is 127 cm³/mol. The molecule has 0 bridgehead atoms. The van der Waals surface area contributed by atoms with Crippen LogP contribution >= 0.6 is 15.9 Å². The second-order valence-corrected chi connectivity index (χ2v) is 12.2. The third kappa shape index (κ3) is 4.56. The third-order valence-electron chi connectivity index (χ3n) is 5.30. The summed E-state index contributed by atoms with van der Waals surface area (Å²) in [5.41, 5.74) is 2.22. The summed E-state index contributed by atoms with van der Waals surface area (Å²) in [6.07, 6.45) is 1.07. The van der Waals surface area contributed by atoms with Crippen molar-refractivity contribution < 1.29 is 22.7 Å². The van der Waals surface area contributed by atoms with Crippen molar-refractivity contribution in [1.82, 2.24) is 4.98 Å². The lowest BCUT2D eigenvalue weighted by atomic mass is 10.1. The number of hydrogen-bond donors (Lipinski definition) is 0. The van der Waals surface area contributed by atoms with E-state index in [1.165, 1.54) is 4.90 Å². The van der Waals surface area contributed by atoms with Crippen LogP contribution in [0.25, 0.3) is 0 Å². The molecule has 1 aromatic carbocycles. The van der Waals surface area contributed by atoms with Crippen molar-refractivity contribution in [3.63, 3.8) is 0 Å². The van der Waals surface area contributed by atoms with Crippen LogP contribution in [0.1, 0.15) is 31.9 Å². The van der Waals surface area contributed by atoms with Crippen LogP contribution in [0.15, 0.2) is 28.9 Å². The molecule has 4 rings (SSSR count). The first-order valence-electron chi connectivity index (χ1n) is 10.3. The van der Waals surface area contributed by atoms with Gasteiger partial charge in [0, 0.05) is 29.4 Å². The van der Waals surface area contributed by atoms with E-state index in [1.807, 2.05) is 50.8 Å². The molecule has 0 N–H and O–H groups in total. The highest BCUT2D eigenvalue weighted by Gasteiger charge is 2.35. The van der Waals surface area contributed by atoms with Gasteiger partial charge in [-0.3, -0.25) is 0 Å². The summed E-state index contributed by atoms with van der Waals surface area (Å²) in [5, 5.41) is 0. The average Bonchev–Trinajstić information content (AvgIpc) is 2.83. The van der Waals surface area contributed by atoms with Crippen molar-refractivity contribution in [3.05, 3.63) is 40.0 Å². The summed E-state index contributed by atoms with van der Waals surface area (Å²) in [4.78, 5) is 21.4. The standard InChI is InChI=1S/C22H26BrN3O5S/c1-14-11-15(23)12-18-19(14)30-13-16-17(25-7-9-32(28,29)10-8-25)5-6-24-20(16)26(18)21(27)31-22(2,3)4/h5-6,11-12H,7-10,13H2,1-4H3. The number of benzene rings is 1. The molecule has 0 saturated carbocycles. The van der Waals surface area contributed by atoms with Crippen LogP contribution in [-0.2, 0) is 21.2 Å². The molecular formula is C22H26BrN3O5S. The summed E-state index contributed by atoms with van der Waals surface area (Å²) in [6.45, 7) is 8.29. The topological polar surface area (TPSA) is 89.0 Å². The van der Waals surface area contributed by atoms with Crippen LogP contribution in [0.4, 0.5) is 22.0 Å². The fourth-order valence-corrected chi connectivity index (χ4v) is 5.63. The largest absolute Gasteiger partial charge is 0.486 e. The molecule has 2 aliphatic heterocycles. The normalized spacial score (nSPS) is 17.7. The number of anilines is 3. The van der Waals surface area contributed by atoms with E-state index < -0.39 is 21.5 Å². The van der Waals surface area contributed by atoms with Crippen molar-refractivity contribution in [2.75, 3.05) is 34.4 Å². The summed E-state index contributed by atoms with van der Waals surface area (Å²) >= 11 is 3.51. The molecule has 32 heavy (non-hydrogen) atoms. The van der Waals surface area contributed by atoms with Gasteiger partial charge in [0.1, 0.15) is 18.0 Å². The smallest absolute Gasteiger partial charge is 0.420 e. The molecule has 0 unspecified atom stereocenters. The minimum Gasteiger partial charge on any atom is -0.486 e. The van der Waals surface area contributed by atoms with Crippen molar-refractivity contribution in [3.8, 4) is 5.75 Å². The predicted octanol–water partition coefficient (Wildman–Crippen LogP) is 4.35. The van der Waals surface area contributed by atoms with E-state index in [1.54, 1.807) is 6.20 Å². The molecule has 0 radical (unpaired) electrons. The molecule has 0 aliphatic carbocycles. The number of hydrogen-bond acceptors (Lipinski definition) is 7. The van der Waals surface area contributed by atoms with E-state index in [4.69, 9.17) is 9.47 Å². The molecule has 2 aliphatic rings. The number of halogens is 1. The Balaban J connectivity index is 1.85. The minimum absolute atomic E-state index is 0.0903. The van der Waals surface area contributed by atoms with Crippen molar-refractivity contribution >= 4 is 49.1 Å². The molecule has 1 fully saturated rings. The molecule has 0 spiro atoms. The number of nitrogens with zero attached hydrogens (tertiary/aromatic N) is 3. The Morgan fingerprint density at radius 1 is 1.19 bits per heavy atom. The van der Waals surface area contributed by atoms with Gasteiger partial charge >= 0.3 is 6.09 Å². The zero-order valence-electron chi connectivity index (χ0n) is 18.5. The summed E-state index contributed by atoms with van der Waals surface area (Å²) in [7, 11) is -3.03. The highest BCUT2D eigenvalue weighted by molar-refractivity contribution is 9.10. The molecule has 0 atom stereocenters. The van der Waals surface area contributed by atoms with Crippen LogP contribution in [0.3, 0.4) is 0 Å². The minimum atomic E-state index is -3.03. The summed E-state index contributed by atoms with van der Waals surface area (Å²) in [5.74, 6) is 1.17. The Labute approximate surface area is 196 Å². The van der Waals surface area contributed by atoms with E-state index in [0.29, 0.717) is 35.9 Å². The molecule has 8 nitrogen and oxygen atoms in total. The first-order chi connectivity index (χ1) is 15.0. The maximum absolute atomic E-state index is 13.4. The first-order valence-corrected chi connectivity index (χ1v) is 13.0. The van der Waals surface area contributed by atoms with E-state index in [2.05, 4.69) is 20.9 Å². The van der Waals surface area contributed by atoms with Gasteiger partial charge in [0.25, 0.3) is 0 Å². The summed E-state index contributed by atoms with van der Waals surface area (Å²) < 4.78 is 36.6. The fraction of sp³-hybridized carbons (Fsp3) is 0.455. The van der Waals surface area contributed by atoms with Gasteiger partial charge in [0.15, 0.2) is 15.7 Å². The first kappa shape index (κ1) is 22.8. The van der Waals surface area contributed by atoms with Gasteiger partial charge in [-0.15, -0.1) is 0 Å². The van der Waals surface area contributed by atoms with E-state index in [0.717, 1.165) is 15.7 Å². The van der Waals surface area contributed by atoms with Gasteiger partial charge in [-0.1, -0.05) is 15.9 Å². The van der Waals surface area contributed by atoms with Gasteiger partial charge in [-0.05, 0) is 51.5 Å². The second-order valence-electron chi connectivity index (χ2n) is 8.95. The van der Waals surface area contributed by atoms with Crippen molar-refractivity contribution in [1.29, 1.82) is 0 Å². The molecule has 1 amide bonds. The Kier molecular flexibility index (Phi) is 5.87. The van der Waals surface area contributed by atoms with Gasteiger partial charge < -0.3 is 14.4 Å². The maximum atomic E-state index is 13.4. The molecule has 1 saturated heterocycles. The molecule has 2 aromatic rings. The molecule has 3 heterocycles. The lowest BCUT2D eigenvalue weighted by Crippen LogP contribution is -2.41. The number of pyridine rings is 1. The Morgan fingerprint density at radius 2 is 1.88 bits per heavy atom. The fourth-order valence-electron chi connectivity index (χ4n) is 3.87. The van der Waals surface area contributed by atoms with Gasteiger partial charge in [0.05, 0.1) is 22.8 Å². The number of aromatic nitrogens is 1. The number of carbonyl (C=O) groups excluding carboxylic acids is 1. The monoisotopic (exact) mass is 523 g/mol. The van der Waals surface area contributed by atoms with Gasteiger partial charge in [-0.25, -0.2) is 23.1 Å². The Hall–Kier alpha value is -2.33. The highest BCUT2D eigenvalue weighted by atomic mass is 79.9. The average molecular weight is 524 g/mol. The highest BCUT2D eigenvalue weighted by Crippen LogP contribution is 2.45. The van der Waals surface area contributed by atoms with Crippen LogP contribution < -0.4 is 14.5 Å². The molecule has 1 aromatic heterocycles. The number of fused-ring (bicyclic) bond motifs is 2. The van der Waals surface area contributed by atoms with Crippen LogP contribution in [0, 0.1) is 6.92 Å². The van der Waals surface area contributed by atoms with Gasteiger partial charge in [0.2, 0.25) is 0 Å². The lowest BCUT2D eigenvalue weighted by Gasteiger charge is -2.32. The van der Waals surface area contributed by atoms with Crippen LogP contribution in [0.2, 0.25) is 0 Å². The molecule has 10 heteroatoms. The third-order valence-corrected chi connectivity index (χ3v) is 7.37. The quantitative estimate of drug-likeness (QED) is 0.548. The number of amides is 1. The van der Waals surface area contributed by atoms with Crippen molar-refractivity contribution in [2.45, 2.75) is 39.9 Å². The van der Waals surface area contributed by atoms with Crippen molar-refractivity contribution in [2.24, 2.45) is 0 Å². The SMILES string of the molecule is Cc1cc(Br)cc2c1OCc1c(N3CCS(=O)(=O)CC3)ccnc1N2C(=O)OC(C)(C)C. The number of aryl methyl sites for hydroxylation is 1. The molecular weight excluding hydrogens is 498 g/mol. The number of ether oxygens (including phenoxy) is 2. The van der Waals surface area contributed by atoms with E-state index in [-0.39, 0.29) is 18.1 Å². The Bertz CT molecular complexity index is 1160. The van der Waals surface area contributed by atoms with Gasteiger partial charge in [-0.2, -0.15) is 0 Å². The van der Waals surface area contributed by atoms with E-state index >= 15 is 0 Å². The number of carbonyl (C=O) groups is 1. The lowest BCUT2D eigenvalue weighted by molar-refractivity contribution is 0.0598. The summed E-state index contributed by atoms with van der Waals surface area (Å²) in [6, 6.07) is 5.57. The maximum Gasteiger partial charge on any atom is 0.420 e. The molecule has 172 valence electrons. The number of rotatable bonds is 1. The second kappa shape index (κ2) is 8.22. The zero-order chi connectivity index (χ0) is 23.3. The van der Waals surface area contributed by atoms with Crippen LogP contribution in [-0.4, -0.2) is 49.7 Å². The number of sulfone groups is 1. The van der Waals surface area contributed by atoms with E-state index in [9.17, 15) is 13.2 Å². The van der Waals surface area contributed by atoms with Crippen LogP contribution in [0.5, 0.6) is 5.75 Å². The Morgan fingerprint density at radius 3 is 2.53 bits per heavy atom. The zero-order valence-corrected chi connectivity index (χ0v) is 20.9.